The normalized spacial score (nSPS) is 11.2. The molecule has 3 rings (SSSR count). The van der Waals surface area contributed by atoms with Crippen molar-refractivity contribution in [3.63, 3.8) is 0 Å². The fraction of sp³-hybridized carbons (Fsp3) is 0.158. The van der Waals surface area contributed by atoms with Crippen LogP contribution in [0.5, 0.6) is 5.88 Å². The van der Waals surface area contributed by atoms with Crippen molar-refractivity contribution in [2.45, 2.75) is 6.42 Å². The maximum absolute atomic E-state index is 14.0. The van der Waals surface area contributed by atoms with Gasteiger partial charge in [0, 0.05) is 35.1 Å². The Morgan fingerprint density at radius 2 is 1.97 bits per heavy atom. The molecule has 11 heteroatoms. The van der Waals surface area contributed by atoms with Crippen LogP contribution in [0.2, 0.25) is 5.02 Å². The number of carbonyl (C=O) groups excluding carboxylic acids is 1. The van der Waals surface area contributed by atoms with Crippen molar-refractivity contribution in [3.05, 3.63) is 70.4 Å². The molecular weight excluding hydrogens is 435 g/mol. The van der Waals surface area contributed by atoms with E-state index in [1.807, 2.05) is 0 Å². The number of pyridine rings is 1. The van der Waals surface area contributed by atoms with E-state index in [9.17, 15) is 17.6 Å². The van der Waals surface area contributed by atoms with Gasteiger partial charge in [-0.15, -0.1) is 0 Å². The van der Waals surface area contributed by atoms with Gasteiger partial charge in [-0.1, -0.05) is 11.6 Å². The van der Waals surface area contributed by atoms with Crippen LogP contribution in [0.25, 0.3) is 0 Å². The minimum atomic E-state index is -3.50. The number of aromatic amines is 1. The third-order valence-corrected chi connectivity index (χ3v) is 4.75. The largest absolute Gasteiger partial charge is 0.481 e. The van der Waals surface area contributed by atoms with Crippen LogP contribution in [0.4, 0.5) is 15.8 Å². The predicted octanol–water partition coefficient (Wildman–Crippen LogP) is 3.43. The Hall–Kier alpha value is -3.11. The molecule has 0 aliphatic rings. The summed E-state index contributed by atoms with van der Waals surface area (Å²) in [7, 11) is -2.06. The first-order chi connectivity index (χ1) is 14.1. The molecule has 2 aromatic heterocycles. The molecule has 0 radical (unpaired) electrons. The topological polar surface area (TPSA) is 113 Å². The van der Waals surface area contributed by atoms with Gasteiger partial charge < -0.3 is 15.0 Å². The molecule has 0 bridgehead atoms. The lowest BCUT2D eigenvalue weighted by Gasteiger charge is -2.09. The molecule has 3 aromatic rings. The SMILES string of the molecule is COc1ccc(F)c(Cc2cc(C(=O)Nc3cc(Cl)cc(NS(C)(=O)=O)c3)c[nH]2)n1. The Bertz CT molecular complexity index is 1200. The first-order valence-corrected chi connectivity index (χ1v) is 10.9. The summed E-state index contributed by atoms with van der Waals surface area (Å²) in [6.45, 7) is 0. The highest BCUT2D eigenvalue weighted by molar-refractivity contribution is 7.92. The van der Waals surface area contributed by atoms with Crippen LogP contribution in [-0.4, -0.2) is 37.7 Å². The smallest absolute Gasteiger partial charge is 0.257 e. The Balaban J connectivity index is 1.74. The maximum Gasteiger partial charge on any atom is 0.257 e. The Kier molecular flexibility index (Phi) is 6.28. The Morgan fingerprint density at radius 1 is 1.23 bits per heavy atom. The van der Waals surface area contributed by atoms with Gasteiger partial charge in [0.2, 0.25) is 15.9 Å². The number of sulfonamides is 1. The standard InChI is InChI=1S/C19H18ClFN4O4S/c1-29-18-4-3-16(21)17(24-18)9-13-5-11(10-22-13)19(26)23-14-6-12(20)7-15(8-14)25-30(2,27)28/h3-8,10,22,25H,9H2,1-2H3,(H,23,26). The van der Waals surface area contributed by atoms with Crippen LogP contribution in [0, 0.1) is 5.82 Å². The molecule has 158 valence electrons. The molecule has 0 saturated heterocycles. The lowest BCUT2D eigenvalue weighted by atomic mass is 10.2. The number of nitrogens with one attached hydrogen (secondary N) is 3. The van der Waals surface area contributed by atoms with Crippen LogP contribution >= 0.6 is 11.6 Å². The van der Waals surface area contributed by atoms with Gasteiger partial charge in [0.1, 0.15) is 5.82 Å². The van der Waals surface area contributed by atoms with E-state index in [1.165, 1.54) is 43.6 Å². The minimum absolute atomic E-state index is 0.135. The number of halogens is 2. The van der Waals surface area contributed by atoms with E-state index < -0.39 is 21.7 Å². The van der Waals surface area contributed by atoms with E-state index >= 15 is 0 Å². The fourth-order valence-electron chi connectivity index (χ4n) is 2.70. The number of methoxy groups -OCH3 is 1. The summed E-state index contributed by atoms with van der Waals surface area (Å²) in [4.78, 5) is 19.5. The summed E-state index contributed by atoms with van der Waals surface area (Å²) in [6.07, 6.45) is 2.62. The molecule has 0 unspecified atom stereocenters. The molecule has 3 N–H and O–H groups in total. The number of hydrogen-bond donors (Lipinski definition) is 3. The zero-order valence-electron chi connectivity index (χ0n) is 16.0. The number of carbonyl (C=O) groups is 1. The van der Waals surface area contributed by atoms with Gasteiger partial charge in [-0.05, 0) is 30.3 Å². The molecule has 1 aromatic carbocycles. The van der Waals surface area contributed by atoms with Gasteiger partial charge in [0.05, 0.1) is 30.3 Å². The zero-order chi connectivity index (χ0) is 21.9. The summed E-state index contributed by atoms with van der Waals surface area (Å²) in [6, 6.07) is 8.59. The highest BCUT2D eigenvalue weighted by Crippen LogP contribution is 2.24. The maximum atomic E-state index is 14.0. The summed E-state index contributed by atoms with van der Waals surface area (Å²) < 4.78 is 44.1. The number of ether oxygens (including phenoxy) is 1. The van der Waals surface area contributed by atoms with E-state index in [0.717, 1.165) is 6.26 Å². The Labute approximate surface area is 177 Å². The van der Waals surface area contributed by atoms with Crippen LogP contribution in [-0.2, 0) is 16.4 Å². The molecule has 0 atom stereocenters. The molecule has 0 fully saturated rings. The van der Waals surface area contributed by atoms with Crippen molar-refractivity contribution in [2.24, 2.45) is 0 Å². The second-order valence-corrected chi connectivity index (χ2v) is 8.61. The van der Waals surface area contributed by atoms with Gasteiger partial charge >= 0.3 is 0 Å². The van der Waals surface area contributed by atoms with Crippen LogP contribution in [0.3, 0.4) is 0 Å². The average molecular weight is 453 g/mol. The number of benzene rings is 1. The molecular formula is C19H18ClFN4O4S. The highest BCUT2D eigenvalue weighted by Gasteiger charge is 2.13. The van der Waals surface area contributed by atoms with Gasteiger partial charge in [-0.25, -0.2) is 17.8 Å². The quantitative estimate of drug-likeness (QED) is 0.508. The average Bonchev–Trinajstić information content (AvgIpc) is 3.10. The van der Waals surface area contributed by atoms with Gasteiger partial charge in [0.15, 0.2) is 0 Å². The van der Waals surface area contributed by atoms with E-state index in [4.69, 9.17) is 16.3 Å². The molecule has 0 spiro atoms. The lowest BCUT2D eigenvalue weighted by Crippen LogP contribution is -2.13. The molecule has 30 heavy (non-hydrogen) atoms. The number of anilines is 2. The van der Waals surface area contributed by atoms with Gasteiger partial charge in [0.25, 0.3) is 5.91 Å². The molecule has 2 heterocycles. The molecule has 1 amide bonds. The number of rotatable bonds is 7. The van der Waals surface area contributed by atoms with Crippen molar-refractivity contribution in [2.75, 3.05) is 23.4 Å². The Morgan fingerprint density at radius 3 is 2.67 bits per heavy atom. The number of hydrogen-bond acceptors (Lipinski definition) is 5. The molecule has 0 aliphatic carbocycles. The van der Waals surface area contributed by atoms with Gasteiger partial charge in [-0.3, -0.25) is 9.52 Å². The van der Waals surface area contributed by atoms with Crippen molar-refractivity contribution in [3.8, 4) is 5.88 Å². The fourth-order valence-corrected chi connectivity index (χ4v) is 3.48. The third-order valence-electron chi connectivity index (χ3n) is 3.92. The molecule has 0 saturated carbocycles. The number of amides is 1. The van der Waals surface area contributed by atoms with Crippen LogP contribution < -0.4 is 14.8 Å². The second-order valence-electron chi connectivity index (χ2n) is 6.43. The summed E-state index contributed by atoms with van der Waals surface area (Å²) >= 11 is 6.00. The highest BCUT2D eigenvalue weighted by atomic mass is 35.5. The van der Waals surface area contributed by atoms with E-state index in [0.29, 0.717) is 16.9 Å². The van der Waals surface area contributed by atoms with E-state index in [2.05, 4.69) is 20.0 Å². The van der Waals surface area contributed by atoms with E-state index in [-0.39, 0.29) is 28.7 Å². The summed E-state index contributed by atoms with van der Waals surface area (Å²) in [5, 5.41) is 2.89. The number of H-pyrrole nitrogens is 1. The van der Waals surface area contributed by atoms with Crippen LogP contribution in [0.15, 0.2) is 42.6 Å². The van der Waals surface area contributed by atoms with E-state index in [1.54, 1.807) is 6.07 Å². The first-order valence-electron chi connectivity index (χ1n) is 8.59. The summed E-state index contributed by atoms with van der Waals surface area (Å²) in [5.41, 5.74) is 1.57. The van der Waals surface area contributed by atoms with Crippen LogP contribution in [0.1, 0.15) is 21.7 Å². The predicted molar refractivity (Wildman–Crippen MR) is 112 cm³/mol. The van der Waals surface area contributed by atoms with Gasteiger partial charge in [-0.2, -0.15) is 0 Å². The lowest BCUT2D eigenvalue weighted by molar-refractivity contribution is 0.102. The minimum Gasteiger partial charge on any atom is -0.481 e. The second kappa shape index (κ2) is 8.72. The summed E-state index contributed by atoms with van der Waals surface area (Å²) in [5.74, 6) is -0.652. The van der Waals surface area contributed by atoms with Crippen molar-refractivity contribution in [1.29, 1.82) is 0 Å². The zero-order valence-corrected chi connectivity index (χ0v) is 17.6. The number of nitrogens with zero attached hydrogens (tertiary/aromatic N) is 1. The molecule has 0 aliphatic heterocycles. The van der Waals surface area contributed by atoms with Crippen molar-refractivity contribution in [1.82, 2.24) is 9.97 Å². The third kappa shape index (κ3) is 5.71. The van der Waals surface area contributed by atoms with Crippen molar-refractivity contribution >= 4 is 38.9 Å². The molecule has 8 nitrogen and oxygen atoms in total. The first kappa shape index (κ1) is 21.6. The monoisotopic (exact) mass is 452 g/mol. The van der Waals surface area contributed by atoms with Crippen molar-refractivity contribution < 1.29 is 22.3 Å². The number of aromatic nitrogens is 2.